The van der Waals surface area contributed by atoms with Crippen molar-refractivity contribution in [3.05, 3.63) is 41.2 Å². The first-order valence-corrected chi connectivity index (χ1v) is 8.52. The number of alkyl halides is 1. The van der Waals surface area contributed by atoms with Crippen LogP contribution in [0.4, 0.5) is 0 Å². The second-order valence-corrected chi connectivity index (χ2v) is 7.74. The van der Waals surface area contributed by atoms with Gasteiger partial charge in [-0.05, 0) is 32.0 Å². The number of ketones is 1. The Bertz CT molecular complexity index is 735. The first-order valence-electron chi connectivity index (χ1n) is 7.28. The average molecular weight is 425 g/mol. The standard InChI is InChI=1S/C17H16INO4/c1-17(2)16(21)15(22-10-6-12(18)13(20)7-10)11-5-9(8-19)3-4-14(11)23-17/h3-5,7,12,15-16,21H,6H2,1-2H3/t12?,15-,16+/m1/s1. The van der Waals surface area contributed by atoms with Gasteiger partial charge in [0, 0.05) is 18.1 Å². The summed E-state index contributed by atoms with van der Waals surface area (Å²) in [6.07, 6.45) is 0.396. The summed E-state index contributed by atoms with van der Waals surface area (Å²) in [5, 5.41) is 19.7. The quantitative estimate of drug-likeness (QED) is 0.583. The zero-order valence-corrected chi connectivity index (χ0v) is 14.9. The summed E-state index contributed by atoms with van der Waals surface area (Å²) in [7, 11) is 0. The molecule has 1 aliphatic heterocycles. The summed E-state index contributed by atoms with van der Waals surface area (Å²) < 4.78 is 11.7. The molecule has 6 heteroatoms. The first kappa shape index (κ1) is 16.3. The number of fused-ring (bicyclic) bond motifs is 1. The molecule has 1 heterocycles. The smallest absolute Gasteiger partial charge is 0.172 e. The lowest BCUT2D eigenvalue weighted by Crippen LogP contribution is -2.49. The minimum atomic E-state index is -0.923. The Kier molecular flexibility index (Phi) is 4.10. The van der Waals surface area contributed by atoms with Gasteiger partial charge in [0.25, 0.3) is 0 Å². The fourth-order valence-electron chi connectivity index (χ4n) is 2.77. The number of carbonyl (C=O) groups excluding carboxylic acids is 1. The van der Waals surface area contributed by atoms with Gasteiger partial charge in [-0.1, -0.05) is 22.6 Å². The average Bonchev–Trinajstić information content (AvgIpc) is 2.81. The van der Waals surface area contributed by atoms with Crippen LogP contribution in [0.3, 0.4) is 0 Å². The monoisotopic (exact) mass is 425 g/mol. The van der Waals surface area contributed by atoms with Crippen molar-refractivity contribution in [1.29, 1.82) is 5.26 Å². The van der Waals surface area contributed by atoms with E-state index in [2.05, 4.69) is 28.7 Å². The summed E-state index contributed by atoms with van der Waals surface area (Å²) in [6.45, 7) is 3.56. The number of hydrogen-bond donors (Lipinski definition) is 1. The Hall–Kier alpha value is -1.59. The van der Waals surface area contributed by atoms with E-state index in [1.807, 2.05) is 0 Å². The highest BCUT2D eigenvalue weighted by Gasteiger charge is 2.45. The van der Waals surface area contributed by atoms with Crippen molar-refractivity contribution in [2.45, 2.75) is 42.0 Å². The Balaban J connectivity index is 1.99. The Morgan fingerprint density at radius 3 is 2.83 bits per heavy atom. The van der Waals surface area contributed by atoms with E-state index in [9.17, 15) is 9.90 Å². The third kappa shape index (κ3) is 2.95. The molecule has 1 unspecified atom stereocenters. The van der Waals surface area contributed by atoms with Gasteiger partial charge in [-0.25, -0.2) is 0 Å². The van der Waals surface area contributed by atoms with E-state index >= 15 is 0 Å². The lowest BCUT2D eigenvalue weighted by atomic mass is 9.87. The second kappa shape index (κ2) is 5.80. The number of nitrogens with zero attached hydrogens (tertiary/aromatic N) is 1. The van der Waals surface area contributed by atoms with Gasteiger partial charge >= 0.3 is 0 Å². The van der Waals surface area contributed by atoms with E-state index in [1.165, 1.54) is 6.08 Å². The Morgan fingerprint density at radius 2 is 2.22 bits per heavy atom. The molecule has 0 fully saturated rings. The number of ether oxygens (including phenoxy) is 2. The highest BCUT2D eigenvalue weighted by Crippen LogP contribution is 2.44. The summed E-state index contributed by atoms with van der Waals surface area (Å²) in [6, 6.07) is 7.13. The number of allylic oxidation sites excluding steroid dienone is 2. The molecule has 0 saturated carbocycles. The summed E-state index contributed by atoms with van der Waals surface area (Å²) >= 11 is 2.08. The molecule has 1 aliphatic carbocycles. The van der Waals surface area contributed by atoms with Crippen LogP contribution in [-0.4, -0.2) is 26.5 Å². The van der Waals surface area contributed by atoms with Gasteiger partial charge < -0.3 is 14.6 Å². The third-order valence-electron chi connectivity index (χ3n) is 4.09. The van der Waals surface area contributed by atoms with Gasteiger partial charge in [0.15, 0.2) is 11.9 Å². The third-order valence-corrected chi connectivity index (χ3v) is 5.14. The van der Waals surface area contributed by atoms with Crippen LogP contribution in [0.25, 0.3) is 0 Å². The molecule has 0 saturated heterocycles. The molecule has 1 N–H and O–H groups in total. The summed E-state index contributed by atoms with van der Waals surface area (Å²) in [4.78, 5) is 11.7. The normalized spacial score (nSPS) is 28.4. The molecule has 1 aromatic rings. The molecular formula is C17H16INO4. The van der Waals surface area contributed by atoms with Crippen molar-refractivity contribution in [3.63, 3.8) is 0 Å². The van der Waals surface area contributed by atoms with Crippen LogP contribution < -0.4 is 4.74 Å². The second-order valence-electron chi connectivity index (χ2n) is 6.24. The number of aliphatic hydroxyl groups is 1. The molecule has 2 aliphatic rings. The highest BCUT2D eigenvalue weighted by atomic mass is 127. The number of halogens is 1. The molecule has 3 atom stereocenters. The molecule has 23 heavy (non-hydrogen) atoms. The van der Waals surface area contributed by atoms with Crippen LogP contribution in [0.1, 0.15) is 37.5 Å². The molecule has 1 aromatic carbocycles. The van der Waals surface area contributed by atoms with E-state index < -0.39 is 17.8 Å². The van der Waals surface area contributed by atoms with E-state index in [4.69, 9.17) is 14.7 Å². The van der Waals surface area contributed by atoms with Crippen LogP contribution in [0.15, 0.2) is 30.0 Å². The lowest BCUT2D eigenvalue weighted by Gasteiger charge is -2.42. The molecule has 0 bridgehead atoms. The largest absolute Gasteiger partial charge is 0.487 e. The van der Waals surface area contributed by atoms with Crippen LogP contribution >= 0.6 is 22.6 Å². The van der Waals surface area contributed by atoms with Gasteiger partial charge in [-0.3, -0.25) is 4.79 Å². The van der Waals surface area contributed by atoms with E-state index in [1.54, 1.807) is 32.0 Å². The maximum Gasteiger partial charge on any atom is 0.172 e. The maximum atomic E-state index is 11.7. The summed E-state index contributed by atoms with van der Waals surface area (Å²) in [5.74, 6) is 1.16. The van der Waals surface area contributed by atoms with Crippen LogP contribution in [0.5, 0.6) is 5.75 Å². The number of hydrogen-bond acceptors (Lipinski definition) is 5. The van der Waals surface area contributed by atoms with E-state index in [0.29, 0.717) is 29.1 Å². The molecule has 3 rings (SSSR count). The van der Waals surface area contributed by atoms with Gasteiger partial charge in [0.1, 0.15) is 23.2 Å². The number of aliphatic hydroxyl groups excluding tert-OH is 1. The van der Waals surface area contributed by atoms with Gasteiger partial charge in [0.05, 0.1) is 15.6 Å². The molecular weight excluding hydrogens is 409 g/mol. The Morgan fingerprint density at radius 1 is 1.48 bits per heavy atom. The number of nitriles is 1. The van der Waals surface area contributed by atoms with Gasteiger partial charge in [-0.15, -0.1) is 0 Å². The van der Waals surface area contributed by atoms with Crippen molar-refractivity contribution in [3.8, 4) is 11.8 Å². The first-order chi connectivity index (χ1) is 10.8. The number of carbonyl (C=O) groups is 1. The minimum absolute atomic E-state index is 0.0207. The predicted molar refractivity (Wildman–Crippen MR) is 91.2 cm³/mol. The van der Waals surface area contributed by atoms with Crippen molar-refractivity contribution < 1.29 is 19.4 Å². The zero-order chi connectivity index (χ0) is 16.8. The molecule has 0 spiro atoms. The molecule has 0 aromatic heterocycles. The number of rotatable bonds is 2. The SMILES string of the molecule is CC1(C)Oc2ccc(C#N)cc2[C@@H](OC2=CC(=O)C(I)C2)[C@@H]1O. The molecule has 120 valence electrons. The fraction of sp³-hybridized carbons (Fsp3) is 0.412. The topological polar surface area (TPSA) is 79.5 Å². The minimum Gasteiger partial charge on any atom is -0.487 e. The van der Waals surface area contributed by atoms with Gasteiger partial charge in [0.2, 0.25) is 0 Å². The molecule has 0 amide bonds. The predicted octanol–water partition coefficient (Wildman–Crippen LogP) is 2.81. The van der Waals surface area contributed by atoms with Crippen LogP contribution in [0, 0.1) is 11.3 Å². The van der Waals surface area contributed by atoms with Crippen molar-refractivity contribution >= 4 is 28.4 Å². The maximum absolute atomic E-state index is 11.7. The highest BCUT2D eigenvalue weighted by molar-refractivity contribution is 14.1. The van der Waals surface area contributed by atoms with Crippen molar-refractivity contribution in [2.75, 3.05) is 0 Å². The fourth-order valence-corrected chi connectivity index (χ4v) is 3.38. The molecule has 5 nitrogen and oxygen atoms in total. The zero-order valence-electron chi connectivity index (χ0n) is 12.7. The van der Waals surface area contributed by atoms with Gasteiger partial charge in [-0.2, -0.15) is 5.26 Å². The lowest BCUT2D eigenvalue weighted by molar-refractivity contribution is -0.120. The Labute approximate surface area is 148 Å². The van der Waals surface area contributed by atoms with E-state index in [-0.39, 0.29) is 9.71 Å². The van der Waals surface area contributed by atoms with Crippen LogP contribution in [-0.2, 0) is 9.53 Å². The van der Waals surface area contributed by atoms with Crippen molar-refractivity contribution in [2.24, 2.45) is 0 Å². The van der Waals surface area contributed by atoms with Crippen molar-refractivity contribution in [1.82, 2.24) is 0 Å². The molecule has 0 radical (unpaired) electrons. The number of benzene rings is 1. The van der Waals surface area contributed by atoms with E-state index in [0.717, 1.165) is 0 Å². The van der Waals surface area contributed by atoms with Crippen LogP contribution in [0.2, 0.25) is 0 Å². The summed E-state index contributed by atoms with van der Waals surface area (Å²) in [5.41, 5.74) is 0.260.